The van der Waals surface area contributed by atoms with Gasteiger partial charge in [0.05, 0.1) is 7.11 Å². The largest absolute Gasteiger partial charge is 0.466 e. The van der Waals surface area contributed by atoms with E-state index in [-0.39, 0.29) is 5.97 Å². The average molecular weight is 156 g/mol. The number of hydrogen-bond acceptors (Lipinski definition) is 2. The van der Waals surface area contributed by atoms with Gasteiger partial charge in [-0.15, -0.1) is 0 Å². The molecule has 0 aromatic carbocycles. The van der Waals surface area contributed by atoms with Crippen LogP contribution in [0.15, 0.2) is 11.1 Å². The summed E-state index contributed by atoms with van der Waals surface area (Å²) in [6, 6.07) is 0. The Kier molecular flexibility index (Phi) is 4.59. The van der Waals surface area contributed by atoms with Gasteiger partial charge in [0.2, 0.25) is 0 Å². The van der Waals surface area contributed by atoms with Gasteiger partial charge in [0, 0.05) is 5.57 Å². The first kappa shape index (κ1) is 10.2. The lowest BCUT2D eigenvalue weighted by atomic mass is 10.1. The van der Waals surface area contributed by atoms with Gasteiger partial charge in [0.1, 0.15) is 0 Å². The standard InChI is InChI=1S/C9H16O2/c1-5-6-7(2)8(3)9(10)11-4/h5-6H2,1-4H3. The van der Waals surface area contributed by atoms with Crippen molar-refractivity contribution in [3.05, 3.63) is 11.1 Å². The van der Waals surface area contributed by atoms with E-state index in [4.69, 9.17) is 0 Å². The van der Waals surface area contributed by atoms with Crippen molar-refractivity contribution in [2.75, 3.05) is 7.11 Å². The molecule has 0 saturated heterocycles. The Labute approximate surface area is 68.2 Å². The summed E-state index contributed by atoms with van der Waals surface area (Å²) in [6.07, 6.45) is 2.04. The molecule has 0 radical (unpaired) electrons. The Balaban J connectivity index is 4.26. The Bertz CT molecular complexity index is 168. The third-order valence-corrected chi connectivity index (χ3v) is 1.76. The molecule has 0 aliphatic rings. The van der Waals surface area contributed by atoms with Crippen LogP contribution >= 0.6 is 0 Å². The predicted molar refractivity (Wildman–Crippen MR) is 45.3 cm³/mol. The second kappa shape index (κ2) is 4.94. The molecule has 0 atom stereocenters. The summed E-state index contributed by atoms with van der Waals surface area (Å²) in [5, 5.41) is 0. The molecule has 11 heavy (non-hydrogen) atoms. The van der Waals surface area contributed by atoms with E-state index in [1.54, 1.807) is 6.92 Å². The van der Waals surface area contributed by atoms with Crippen LogP contribution in [0.4, 0.5) is 0 Å². The van der Waals surface area contributed by atoms with Crippen LogP contribution in [0.2, 0.25) is 0 Å². The maximum absolute atomic E-state index is 10.9. The van der Waals surface area contributed by atoms with Gasteiger partial charge in [-0.25, -0.2) is 4.79 Å². The molecule has 0 amide bonds. The second-order valence-corrected chi connectivity index (χ2v) is 2.65. The minimum atomic E-state index is -0.212. The predicted octanol–water partition coefficient (Wildman–Crippen LogP) is 2.30. The third kappa shape index (κ3) is 3.21. The van der Waals surface area contributed by atoms with Gasteiger partial charge >= 0.3 is 5.97 Å². The molecule has 0 fully saturated rings. The molecule has 0 spiro atoms. The highest BCUT2D eigenvalue weighted by Gasteiger charge is 2.05. The normalized spacial score (nSPS) is 12.4. The minimum absolute atomic E-state index is 0.212. The van der Waals surface area contributed by atoms with Crippen molar-refractivity contribution in [2.24, 2.45) is 0 Å². The van der Waals surface area contributed by atoms with Crippen LogP contribution in [0.3, 0.4) is 0 Å². The molecular weight excluding hydrogens is 140 g/mol. The molecule has 0 saturated carbocycles. The van der Waals surface area contributed by atoms with Crippen molar-refractivity contribution in [3.63, 3.8) is 0 Å². The fourth-order valence-corrected chi connectivity index (χ4v) is 0.890. The summed E-state index contributed by atoms with van der Waals surface area (Å²) in [7, 11) is 1.41. The van der Waals surface area contributed by atoms with Crippen LogP contribution in [0.1, 0.15) is 33.6 Å². The van der Waals surface area contributed by atoms with Gasteiger partial charge in [-0.05, 0) is 20.3 Å². The van der Waals surface area contributed by atoms with Gasteiger partial charge in [-0.1, -0.05) is 18.9 Å². The topological polar surface area (TPSA) is 26.3 Å². The lowest BCUT2D eigenvalue weighted by Crippen LogP contribution is -2.03. The molecule has 64 valence electrons. The van der Waals surface area contributed by atoms with Crippen LogP contribution < -0.4 is 0 Å². The fourth-order valence-electron chi connectivity index (χ4n) is 0.890. The Morgan fingerprint density at radius 1 is 1.36 bits per heavy atom. The van der Waals surface area contributed by atoms with Gasteiger partial charge < -0.3 is 4.74 Å². The van der Waals surface area contributed by atoms with E-state index in [1.165, 1.54) is 7.11 Å². The third-order valence-electron chi connectivity index (χ3n) is 1.76. The first-order valence-corrected chi connectivity index (χ1v) is 3.88. The summed E-state index contributed by atoms with van der Waals surface area (Å²) in [5.41, 5.74) is 1.87. The molecule has 0 heterocycles. The summed E-state index contributed by atoms with van der Waals surface area (Å²) in [6.45, 7) is 5.86. The summed E-state index contributed by atoms with van der Waals surface area (Å²) >= 11 is 0. The van der Waals surface area contributed by atoms with Crippen molar-refractivity contribution >= 4 is 5.97 Å². The number of allylic oxidation sites excluding steroid dienone is 1. The molecule has 0 aliphatic heterocycles. The highest BCUT2D eigenvalue weighted by molar-refractivity contribution is 5.88. The maximum Gasteiger partial charge on any atom is 0.333 e. The van der Waals surface area contributed by atoms with Crippen molar-refractivity contribution in [3.8, 4) is 0 Å². The number of hydrogen-bond donors (Lipinski definition) is 0. The van der Waals surface area contributed by atoms with Crippen LogP contribution in [0.25, 0.3) is 0 Å². The second-order valence-electron chi connectivity index (χ2n) is 2.65. The van der Waals surface area contributed by atoms with Gasteiger partial charge in [0.25, 0.3) is 0 Å². The molecule has 0 rings (SSSR count). The SMILES string of the molecule is CCCC(C)=C(C)C(=O)OC. The summed E-state index contributed by atoms with van der Waals surface area (Å²) < 4.78 is 4.58. The number of carbonyl (C=O) groups excluding carboxylic acids is 1. The van der Waals surface area contributed by atoms with Crippen molar-refractivity contribution in [1.29, 1.82) is 0 Å². The number of carbonyl (C=O) groups is 1. The highest BCUT2D eigenvalue weighted by Crippen LogP contribution is 2.10. The van der Waals surface area contributed by atoms with Gasteiger partial charge in [-0.2, -0.15) is 0 Å². The van der Waals surface area contributed by atoms with Crippen molar-refractivity contribution < 1.29 is 9.53 Å². The molecule has 0 aromatic rings. The lowest BCUT2D eigenvalue weighted by Gasteiger charge is -2.03. The Morgan fingerprint density at radius 3 is 2.27 bits per heavy atom. The molecule has 0 bridgehead atoms. The van der Waals surface area contributed by atoms with E-state index in [1.807, 2.05) is 6.92 Å². The summed E-state index contributed by atoms with van der Waals surface area (Å²) in [4.78, 5) is 10.9. The maximum atomic E-state index is 10.9. The van der Waals surface area contributed by atoms with E-state index in [0.717, 1.165) is 24.0 Å². The highest BCUT2D eigenvalue weighted by atomic mass is 16.5. The molecule has 0 unspecified atom stereocenters. The lowest BCUT2D eigenvalue weighted by molar-refractivity contribution is -0.136. The zero-order valence-corrected chi connectivity index (χ0v) is 7.73. The zero-order chi connectivity index (χ0) is 8.85. The number of rotatable bonds is 3. The van der Waals surface area contributed by atoms with E-state index in [2.05, 4.69) is 11.7 Å². The Morgan fingerprint density at radius 2 is 1.91 bits per heavy atom. The average Bonchev–Trinajstić information content (AvgIpc) is 2.02. The van der Waals surface area contributed by atoms with E-state index >= 15 is 0 Å². The molecule has 0 aliphatic carbocycles. The molecule has 2 nitrogen and oxygen atoms in total. The van der Waals surface area contributed by atoms with Gasteiger partial charge in [-0.3, -0.25) is 0 Å². The quantitative estimate of drug-likeness (QED) is 0.463. The minimum Gasteiger partial charge on any atom is -0.466 e. The molecule has 0 aromatic heterocycles. The molecule has 2 heteroatoms. The van der Waals surface area contributed by atoms with Crippen molar-refractivity contribution in [1.82, 2.24) is 0 Å². The van der Waals surface area contributed by atoms with Crippen molar-refractivity contribution in [2.45, 2.75) is 33.6 Å². The van der Waals surface area contributed by atoms with E-state index < -0.39 is 0 Å². The van der Waals surface area contributed by atoms with E-state index in [9.17, 15) is 4.79 Å². The van der Waals surface area contributed by atoms with Crippen LogP contribution in [0.5, 0.6) is 0 Å². The molecule has 0 N–H and O–H groups in total. The van der Waals surface area contributed by atoms with E-state index in [0.29, 0.717) is 0 Å². The zero-order valence-electron chi connectivity index (χ0n) is 7.73. The molecular formula is C9H16O2. The Hall–Kier alpha value is -0.790. The summed E-state index contributed by atoms with van der Waals surface area (Å²) in [5.74, 6) is -0.212. The smallest absolute Gasteiger partial charge is 0.333 e. The number of methoxy groups -OCH3 is 1. The first-order chi connectivity index (χ1) is 5.13. The number of ether oxygens (including phenoxy) is 1. The fraction of sp³-hybridized carbons (Fsp3) is 0.667. The van der Waals surface area contributed by atoms with Gasteiger partial charge in [0.15, 0.2) is 0 Å². The van der Waals surface area contributed by atoms with Crippen LogP contribution in [-0.2, 0) is 9.53 Å². The van der Waals surface area contributed by atoms with Crippen LogP contribution in [-0.4, -0.2) is 13.1 Å². The monoisotopic (exact) mass is 156 g/mol. The first-order valence-electron chi connectivity index (χ1n) is 3.88. The van der Waals surface area contributed by atoms with Crippen LogP contribution in [0, 0.1) is 0 Å². The number of esters is 1.